The Bertz CT molecular complexity index is 1080. The first-order valence-corrected chi connectivity index (χ1v) is 11.1. The van der Waals surface area contributed by atoms with Crippen molar-refractivity contribution in [3.63, 3.8) is 0 Å². The van der Waals surface area contributed by atoms with E-state index in [-0.39, 0.29) is 5.91 Å². The highest BCUT2D eigenvalue weighted by atomic mass is 32.1. The Kier molecular flexibility index (Phi) is 6.17. The van der Waals surface area contributed by atoms with E-state index in [1.807, 2.05) is 37.3 Å². The fraction of sp³-hybridized carbons (Fsp3) is 0.227. The van der Waals surface area contributed by atoms with Gasteiger partial charge in [0.1, 0.15) is 0 Å². The highest BCUT2D eigenvalue weighted by Crippen LogP contribution is 2.29. The van der Waals surface area contributed by atoms with Gasteiger partial charge in [-0.25, -0.2) is 9.97 Å². The van der Waals surface area contributed by atoms with Crippen molar-refractivity contribution in [2.24, 2.45) is 0 Å². The number of rotatable bonds is 8. The van der Waals surface area contributed by atoms with Crippen LogP contribution in [0.2, 0.25) is 0 Å². The SMILES string of the molecule is Cc1nc(-c2ccc(CCNC(=O)CCc3ncc(-c4ccccc4)o3)s2)cs1. The van der Waals surface area contributed by atoms with Gasteiger partial charge in [-0.15, -0.1) is 22.7 Å². The summed E-state index contributed by atoms with van der Waals surface area (Å²) in [5, 5.41) is 6.13. The average Bonchev–Trinajstić information content (AvgIpc) is 3.48. The van der Waals surface area contributed by atoms with Crippen LogP contribution in [0, 0.1) is 6.92 Å². The molecule has 148 valence electrons. The second-order valence-electron chi connectivity index (χ2n) is 6.60. The van der Waals surface area contributed by atoms with Crippen molar-refractivity contribution in [2.75, 3.05) is 6.54 Å². The van der Waals surface area contributed by atoms with Gasteiger partial charge in [0.15, 0.2) is 11.7 Å². The molecule has 1 N–H and O–H groups in total. The third-order valence-corrected chi connectivity index (χ3v) is 6.35. The Hall–Kier alpha value is -2.77. The molecule has 29 heavy (non-hydrogen) atoms. The first kappa shape index (κ1) is 19.5. The first-order valence-electron chi connectivity index (χ1n) is 9.45. The van der Waals surface area contributed by atoms with Crippen LogP contribution in [0.3, 0.4) is 0 Å². The molecular weight excluding hydrogens is 402 g/mol. The third kappa shape index (κ3) is 5.19. The van der Waals surface area contributed by atoms with E-state index in [1.54, 1.807) is 28.9 Å². The Morgan fingerprint density at radius 2 is 2.00 bits per heavy atom. The standard InChI is InChI=1S/C22H21N3O2S2/c1-15-25-18(14-28-15)20-8-7-17(29-20)11-12-23-21(26)9-10-22-24-13-19(27-22)16-5-3-2-4-6-16/h2-8,13-14H,9-12H2,1H3,(H,23,26). The summed E-state index contributed by atoms with van der Waals surface area (Å²) in [5.41, 5.74) is 2.02. The number of hydrogen-bond acceptors (Lipinski definition) is 6. The van der Waals surface area contributed by atoms with E-state index in [1.165, 1.54) is 9.75 Å². The summed E-state index contributed by atoms with van der Waals surface area (Å²) < 4.78 is 5.75. The van der Waals surface area contributed by atoms with E-state index in [2.05, 4.69) is 32.8 Å². The number of hydrogen-bond donors (Lipinski definition) is 1. The predicted molar refractivity (Wildman–Crippen MR) is 117 cm³/mol. The zero-order valence-corrected chi connectivity index (χ0v) is 17.7. The summed E-state index contributed by atoms with van der Waals surface area (Å²) >= 11 is 3.39. The average molecular weight is 424 g/mol. The van der Waals surface area contributed by atoms with E-state index in [0.29, 0.717) is 25.3 Å². The van der Waals surface area contributed by atoms with E-state index >= 15 is 0 Å². The second-order valence-corrected chi connectivity index (χ2v) is 8.83. The van der Waals surface area contributed by atoms with Gasteiger partial charge in [-0.3, -0.25) is 4.79 Å². The maximum atomic E-state index is 12.1. The normalized spacial score (nSPS) is 10.9. The molecule has 0 atom stereocenters. The van der Waals surface area contributed by atoms with Gasteiger partial charge < -0.3 is 9.73 Å². The van der Waals surface area contributed by atoms with Crippen molar-refractivity contribution in [3.8, 4) is 21.9 Å². The van der Waals surface area contributed by atoms with Crippen LogP contribution in [-0.2, 0) is 17.6 Å². The summed E-state index contributed by atoms with van der Waals surface area (Å²) in [5.74, 6) is 1.32. The summed E-state index contributed by atoms with van der Waals surface area (Å²) in [4.78, 5) is 23.3. The molecule has 5 nitrogen and oxygen atoms in total. The number of benzene rings is 1. The molecule has 0 unspecified atom stereocenters. The monoisotopic (exact) mass is 423 g/mol. The molecule has 4 aromatic rings. The number of amides is 1. The molecule has 0 aliphatic heterocycles. The van der Waals surface area contributed by atoms with Crippen molar-refractivity contribution in [1.29, 1.82) is 0 Å². The lowest BCUT2D eigenvalue weighted by molar-refractivity contribution is -0.121. The molecule has 0 aliphatic carbocycles. The first-order chi connectivity index (χ1) is 14.2. The number of oxazole rings is 1. The molecular formula is C22H21N3O2S2. The number of thiophene rings is 1. The van der Waals surface area contributed by atoms with Crippen LogP contribution in [0.5, 0.6) is 0 Å². The van der Waals surface area contributed by atoms with Crippen LogP contribution in [0.15, 0.2) is 58.5 Å². The molecule has 3 heterocycles. The summed E-state index contributed by atoms with van der Waals surface area (Å²) in [6.07, 6.45) is 3.38. The van der Waals surface area contributed by atoms with Gasteiger partial charge in [-0.1, -0.05) is 30.3 Å². The maximum Gasteiger partial charge on any atom is 0.220 e. The quantitative estimate of drug-likeness (QED) is 0.427. The van der Waals surface area contributed by atoms with Gasteiger partial charge in [-0.2, -0.15) is 0 Å². The summed E-state index contributed by atoms with van der Waals surface area (Å²) in [6.45, 7) is 2.63. The fourth-order valence-corrected chi connectivity index (χ4v) is 4.58. The molecule has 1 aromatic carbocycles. The van der Waals surface area contributed by atoms with Crippen LogP contribution >= 0.6 is 22.7 Å². The van der Waals surface area contributed by atoms with Gasteiger partial charge in [-0.05, 0) is 25.5 Å². The molecule has 0 saturated carbocycles. The van der Waals surface area contributed by atoms with Crippen LogP contribution in [0.1, 0.15) is 22.2 Å². The van der Waals surface area contributed by atoms with Gasteiger partial charge in [0.2, 0.25) is 5.91 Å². The van der Waals surface area contributed by atoms with Crippen LogP contribution in [0.25, 0.3) is 21.9 Å². The van der Waals surface area contributed by atoms with E-state index < -0.39 is 0 Å². The second kappa shape index (κ2) is 9.15. The minimum Gasteiger partial charge on any atom is -0.441 e. The van der Waals surface area contributed by atoms with E-state index in [9.17, 15) is 4.79 Å². The Morgan fingerprint density at radius 3 is 2.79 bits per heavy atom. The molecule has 0 aliphatic rings. The lowest BCUT2D eigenvalue weighted by atomic mass is 10.2. The zero-order valence-electron chi connectivity index (χ0n) is 16.1. The zero-order chi connectivity index (χ0) is 20.1. The van der Waals surface area contributed by atoms with Gasteiger partial charge >= 0.3 is 0 Å². The largest absolute Gasteiger partial charge is 0.441 e. The molecule has 0 saturated heterocycles. The number of nitrogens with zero attached hydrogens (tertiary/aromatic N) is 2. The molecule has 7 heteroatoms. The lowest BCUT2D eigenvalue weighted by Crippen LogP contribution is -2.25. The van der Waals surface area contributed by atoms with Crippen molar-refractivity contribution in [1.82, 2.24) is 15.3 Å². The Morgan fingerprint density at radius 1 is 1.14 bits per heavy atom. The van der Waals surface area contributed by atoms with Crippen LogP contribution in [-0.4, -0.2) is 22.4 Å². The molecule has 0 spiro atoms. The molecule has 1 amide bonds. The fourth-order valence-electron chi connectivity index (χ4n) is 2.92. The topological polar surface area (TPSA) is 68.0 Å². The number of carbonyl (C=O) groups is 1. The lowest BCUT2D eigenvalue weighted by Gasteiger charge is -2.03. The Balaban J connectivity index is 1.21. The van der Waals surface area contributed by atoms with Crippen molar-refractivity contribution in [3.05, 3.63) is 69.8 Å². The highest BCUT2D eigenvalue weighted by molar-refractivity contribution is 7.16. The van der Waals surface area contributed by atoms with Crippen molar-refractivity contribution < 1.29 is 9.21 Å². The number of thiazole rings is 1. The van der Waals surface area contributed by atoms with Gasteiger partial charge in [0.05, 0.1) is 21.8 Å². The smallest absolute Gasteiger partial charge is 0.220 e. The van der Waals surface area contributed by atoms with Crippen molar-refractivity contribution >= 4 is 28.6 Å². The maximum absolute atomic E-state index is 12.1. The number of carbonyl (C=O) groups excluding carboxylic acids is 1. The minimum absolute atomic E-state index is 0.0105. The predicted octanol–water partition coefficient (Wildman–Crippen LogP) is 5.13. The number of aryl methyl sites for hydroxylation is 2. The Labute approximate surface area is 177 Å². The summed E-state index contributed by atoms with van der Waals surface area (Å²) in [6, 6.07) is 14.0. The molecule has 3 aromatic heterocycles. The molecule has 0 radical (unpaired) electrons. The number of aromatic nitrogens is 2. The van der Waals surface area contributed by atoms with Crippen LogP contribution < -0.4 is 5.32 Å². The van der Waals surface area contributed by atoms with Gasteiger partial charge in [0, 0.05) is 35.2 Å². The summed E-state index contributed by atoms with van der Waals surface area (Å²) in [7, 11) is 0. The molecule has 0 bridgehead atoms. The van der Waals surface area contributed by atoms with Gasteiger partial charge in [0.25, 0.3) is 0 Å². The molecule has 4 rings (SSSR count). The highest BCUT2D eigenvalue weighted by Gasteiger charge is 2.10. The third-order valence-electron chi connectivity index (χ3n) is 4.40. The van der Waals surface area contributed by atoms with Crippen molar-refractivity contribution in [2.45, 2.75) is 26.2 Å². The minimum atomic E-state index is 0.0105. The van der Waals surface area contributed by atoms with E-state index in [4.69, 9.17) is 4.42 Å². The van der Waals surface area contributed by atoms with Crippen LogP contribution in [0.4, 0.5) is 0 Å². The van der Waals surface area contributed by atoms with E-state index in [0.717, 1.165) is 28.4 Å². The molecule has 0 fully saturated rings. The number of nitrogens with one attached hydrogen (secondary N) is 1.